The lowest BCUT2D eigenvalue weighted by atomic mass is 9.99. The molecule has 1 fully saturated rings. The first-order valence-corrected chi connectivity index (χ1v) is 14.7. The van der Waals surface area contributed by atoms with E-state index < -0.39 is 11.6 Å². The lowest BCUT2D eigenvalue weighted by molar-refractivity contribution is -0.184. The highest BCUT2D eigenvalue weighted by molar-refractivity contribution is 9.10. The van der Waals surface area contributed by atoms with Crippen molar-refractivity contribution < 1.29 is 23.0 Å². The fourth-order valence-electron chi connectivity index (χ4n) is 5.13. The Kier molecular flexibility index (Phi) is 10.7. The van der Waals surface area contributed by atoms with Gasteiger partial charge in [-0.3, -0.25) is 4.90 Å². The molecule has 0 amide bonds. The Morgan fingerprint density at radius 1 is 0.634 bits per heavy atom. The summed E-state index contributed by atoms with van der Waals surface area (Å²) in [4.78, 5) is 2.16. The van der Waals surface area contributed by atoms with E-state index in [0.29, 0.717) is 43.9 Å². The van der Waals surface area contributed by atoms with Crippen LogP contribution in [0.25, 0.3) is 0 Å². The SMILES string of the molecule is Fc1cc(Br)cc(F)c1CCN1CC(OCc2ccccc2)C(OCc2ccccc2)C(OCc2ccccc2)C1. The third-order valence-electron chi connectivity index (χ3n) is 7.29. The maximum atomic E-state index is 14.6. The molecule has 4 aromatic carbocycles. The van der Waals surface area contributed by atoms with Crippen molar-refractivity contribution in [1.82, 2.24) is 4.90 Å². The van der Waals surface area contributed by atoms with Gasteiger partial charge in [0.25, 0.3) is 0 Å². The first-order valence-electron chi connectivity index (χ1n) is 13.9. The van der Waals surface area contributed by atoms with Crippen LogP contribution in [0.15, 0.2) is 108 Å². The second-order valence-electron chi connectivity index (χ2n) is 10.3. The Bertz CT molecular complexity index is 1280. The van der Waals surface area contributed by atoms with Crippen LogP contribution in [-0.4, -0.2) is 42.8 Å². The third kappa shape index (κ3) is 8.53. The molecule has 1 aliphatic rings. The number of hydrogen-bond donors (Lipinski definition) is 0. The molecule has 0 spiro atoms. The summed E-state index contributed by atoms with van der Waals surface area (Å²) in [5.74, 6) is -1.10. The van der Waals surface area contributed by atoms with Crippen LogP contribution < -0.4 is 0 Å². The number of likely N-dealkylation sites (tertiary alicyclic amines) is 1. The van der Waals surface area contributed by atoms with Gasteiger partial charge >= 0.3 is 0 Å². The van der Waals surface area contributed by atoms with Gasteiger partial charge < -0.3 is 14.2 Å². The summed E-state index contributed by atoms with van der Waals surface area (Å²) in [7, 11) is 0. The normalized spacial score (nSPS) is 19.3. The van der Waals surface area contributed by atoms with Crippen LogP contribution in [0, 0.1) is 11.6 Å². The molecule has 0 saturated carbocycles. The molecule has 4 aromatic rings. The van der Waals surface area contributed by atoms with Crippen molar-refractivity contribution in [3.63, 3.8) is 0 Å². The summed E-state index contributed by atoms with van der Waals surface area (Å²) < 4.78 is 49.1. The Morgan fingerprint density at radius 3 is 1.49 bits per heavy atom. The van der Waals surface area contributed by atoms with Gasteiger partial charge in [0.15, 0.2) is 0 Å². The molecule has 0 N–H and O–H groups in total. The second kappa shape index (κ2) is 14.8. The Morgan fingerprint density at radius 2 is 1.05 bits per heavy atom. The van der Waals surface area contributed by atoms with Gasteiger partial charge in [-0.2, -0.15) is 0 Å². The van der Waals surface area contributed by atoms with Crippen LogP contribution in [0.5, 0.6) is 0 Å². The predicted molar refractivity (Wildman–Crippen MR) is 159 cm³/mol. The molecule has 2 atom stereocenters. The Labute approximate surface area is 249 Å². The van der Waals surface area contributed by atoms with E-state index in [2.05, 4.69) is 20.8 Å². The minimum atomic E-state index is -0.549. The molecule has 4 nitrogen and oxygen atoms in total. The van der Waals surface area contributed by atoms with Crippen molar-refractivity contribution in [3.05, 3.63) is 141 Å². The summed E-state index contributed by atoms with van der Waals surface area (Å²) >= 11 is 3.16. The molecule has 0 radical (unpaired) electrons. The van der Waals surface area contributed by atoms with Crippen LogP contribution in [0.4, 0.5) is 8.78 Å². The molecule has 5 rings (SSSR count). The van der Waals surface area contributed by atoms with Crippen molar-refractivity contribution in [1.29, 1.82) is 0 Å². The molecule has 1 heterocycles. The quantitative estimate of drug-likeness (QED) is 0.166. The van der Waals surface area contributed by atoms with Gasteiger partial charge in [0.1, 0.15) is 17.7 Å². The van der Waals surface area contributed by atoms with Crippen LogP contribution in [0.2, 0.25) is 0 Å². The average molecular weight is 623 g/mol. The first-order chi connectivity index (χ1) is 20.0. The molecular weight excluding hydrogens is 588 g/mol. The second-order valence-corrected chi connectivity index (χ2v) is 11.2. The summed E-state index contributed by atoms with van der Waals surface area (Å²) in [6.45, 7) is 2.83. The predicted octanol–water partition coefficient (Wildman–Crippen LogP) is 7.34. The highest BCUT2D eigenvalue weighted by atomic mass is 79.9. The number of hydrogen-bond acceptors (Lipinski definition) is 4. The number of benzene rings is 4. The molecule has 0 aromatic heterocycles. The van der Waals surface area contributed by atoms with Crippen molar-refractivity contribution in [2.45, 2.75) is 44.6 Å². The molecule has 214 valence electrons. The Hall–Kier alpha value is -2.94. The standard InChI is InChI=1S/C34H34BrF2NO3/c35-28-18-30(36)29(31(37)19-28)16-17-38-20-32(39-22-25-10-4-1-5-11-25)34(41-24-27-14-8-3-9-15-27)33(21-38)40-23-26-12-6-2-7-13-26/h1-15,18-19,32-34H,16-17,20-24H2. The zero-order valence-corrected chi connectivity index (χ0v) is 24.4. The van der Waals surface area contributed by atoms with Crippen LogP contribution >= 0.6 is 15.9 Å². The zero-order valence-electron chi connectivity index (χ0n) is 22.8. The van der Waals surface area contributed by atoms with Gasteiger partial charge in [-0.15, -0.1) is 0 Å². The summed E-state index contributed by atoms with van der Waals surface area (Å²) in [6.07, 6.45) is -0.724. The van der Waals surface area contributed by atoms with E-state index in [0.717, 1.165) is 16.7 Å². The molecule has 1 saturated heterocycles. The summed E-state index contributed by atoms with van der Waals surface area (Å²) in [5, 5.41) is 0. The fraction of sp³-hybridized carbons (Fsp3) is 0.294. The molecule has 0 aliphatic carbocycles. The molecular formula is C34H34BrF2NO3. The molecule has 0 bridgehead atoms. The third-order valence-corrected chi connectivity index (χ3v) is 7.75. The average Bonchev–Trinajstić information content (AvgIpc) is 2.99. The monoisotopic (exact) mass is 621 g/mol. The van der Waals surface area contributed by atoms with Gasteiger partial charge in [0.2, 0.25) is 0 Å². The zero-order chi connectivity index (χ0) is 28.4. The van der Waals surface area contributed by atoms with E-state index in [1.54, 1.807) is 0 Å². The number of ether oxygens (including phenoxy) is 3. The molecule has 2 unspecified atom stereocenters. The maximum Gasteiger partial charge on any atom is 0.130 e. The van der Waals surface area contributed by atoms with E-state index in [1.807, 2.05) is 91.0 Å². The molecule has 7 heteroatoms. The number of nitrogens with zero attached hydrogens (tertiary/aromatic N) is 1. The van der Waals surface area contributed by atoms with Gasteiger partial charge in [-0.05, 0) is 35.2 Å². The van der Waals surface area contributed by atoms with Gasteiger partial charge in [-0.25, -0.2) is 8.78 Å². The lowest BCUT2D eigenvalue weighted by Gasteiger charge is -2.43. The van der Waals surface area contributed by atoms with E-state index in [-0.39, 0.29) is 30.3 Å². The smallest absolute Gasteiger partial charge is 0.130 e. The summed E-state index contributed by atoms with van der Waals surface area (Å²) in [6, 6.07) is 32.7. The molecule has 41 heavy (non-hydrogen) atoms. The number of rotatable bonds is 12. The van der Waals surface area contributed by atoms with Gasteiger partial charge in [0, 0.05) is 29.7 Å². The topological polar surface area (TPSA) is 30.9 Å². The van der Waals surface area contributed by atoms with Gasteiger partial charge in [-0.1, -0.05) is 107 Å². The highest BCUT2D eigenvalue weighted by Crippen LogP contribution is 2.26. The molecule has 1 aliphatic heterocycles. The van der Waals surface area contributed by atoms with E-state index >= 15 is 0 Å². The fourth-order valence-corrected chi connectivity index (χ4v) is 5.53. The van der Waals surface area contributed by atoms with Crippen LogP contribution in [0.1, 0.15) is 22.3 Å². The van der Waals surface area contributed by atoms with E-state index in [4.69, 9.17) is 14.2 Å². The summed E-state index contributed by atoms with van der Waals surface area (Å²) in [5.41, 5.74) is 3.28. The van der Waals surface area contributed by atoms with E-state index in [1.165, 1.54) is 12.1 Å². The number of piperidine rings is 1. The first kappa shape index (κ1) is 29.5. The number of halogens is 3. The Balaban J connectivity index is 1.35. The van der Waals surface area contributed by atoms with Crippen molar-refractivity contribution in [2.75, 3.05) is 19.6 Å². The lowest BCUT2D eigenvalue weighted by Crippen LogP contribution is -2.58. The van der Waals surface area contributed by atoms with Crippen LogP contribution in [-0.2, 0) is 40.5 Å². The van der Waals surface area contributed by atoms with Crippen molar-refractivity contribution in [2.24, 2.45) is 0 Å². The van der Waals surface area contributed by atoms with Crippen molar-refractivity contribution in [3.8, 4) is 0 Å². The minimum absolute atomic E-state index is 0.0826. The van der Waals surface area contributed by atoms with Gasteiger partial charge in [0.05, 0.1) is 32.0 Å². The van der Waals surface area contributed by atoms with E-state index in [9.17, 15) is 8.78 Å². The van der Waals surface area contributed by atoms with Crippen LogP contribution in [0.3, 0.4) is 0 Å². The largest absolute Gasteiger partial charge is 0.369 e. The maximum absolute atomic E-state index is 14.6. The van der Waals surface area contributed by atoms with Crippen molar-refractivity contribution >= 4 is 15.9 Å². The highest BCUT2D eigenvalue weighted by Gasteiger charge is 2.39. The minimum Gasteiger partial charge on any atom is -0.369 e.